The van der Waals surface area contributed by atoms with E-state index in [1.807, 2.05) is 55.5 Å². The Morgan fingerprint density at radius 3 is 2.03 bits per heavy atom. The Morgan fingerprint density at radius 2 is 1.44 bits per heavy atom. The van der Waals surface area contributed by atoms with Crippen molar-refractivity contribution < 1.29 is 18.7 Å². The van der Waals surface area contributed by atoms with E-state index in [9.17, 15) is 14.0 Å². The lowest BCUT2D eigenvalue weighted by Crippen LogP contribution is -2.41. The summed E-state index contributed by atoms with van der Waals surface area (Å²) in [4.78, 5) is 26.9. The molecule has 0 spiro atoms. The van der Waals surface area contributed by atoms with Crippen LogP contribution in [0.5, 0.6) is 11.5 Å². The maximum absolute atomic E-state index is 13.1. The van der Waals surface area contributed by atoms with Gasteiger partial charge in [0.2, 0.25) is 5.91 Å². The first kappa shape index (κ1) is 21.6. The second kappa shape index (κ2) is 9.64. The maximum atomic E-state index is 13.1. The van der Waals surface area contributed by atoms with Gasteiger partial charge >= 0.3 is 0 Å². The van der Waals surface area contributed by atoms with Crippen LogP contribution in [0.15, 0.2) is 72.8 Å². The fourth-order valence-electron chi connectivity index (χ4n) is 3.71. The number of ether oxygens (including phenoxy) is 1. The Bertz CT molecular complexity index is 1070. The number of carbonyl (C=O) groups excluding carboxylic acids is 2. The molecule has 1 aliphatic heterocycles. The minimum Gasteiger partial charge on any atom is -0.457 e. The van der Waals surface area contributed by atoms with Crippen molar-refractivity contribution in [3.63, 3.8) is 0 Å². The quantitative estimate of drug-likeness (QED) is 0.586. The molecule has 1 saturated heterocycles. The van der Waals surface area contributed by atoms with Crippen LogP contribution in [0.25, 0.3) is 0 Å². The van der Waals surface area contributed by atoms with Crippen molar-refractivity contribution in [2.24, 2.45) is 5.92 Å². The fraction of sp³-hybridized carbons (Fsp3) is 0.231. The number of nitrogens with one attached hydrogen (secondary N) is 1. The molecule has 0 saturated carbocycles. The molecule has 0 atom stereocenters. The van der Waals surface area contributed by atoms with Crippen LogP contribution in [-0.4, -0.2) is 29.8 Å². The highest BCUT2D eigenvalue weighted by Crippen LogP contribution is 2.25. The molecule has 1 N–H and O–H groups in total. The van der Waals surface area contributed by atoms with Crippen LogP contribution in [0, 0.1) is 18.7 Å². The summed E-state index contributed by atoms with van der Waals surface area (Å²) in [5.74, 6) is 0.746. The van der Waals surface area contributed by atoms with E-state index in [0.29, 0.717) is 42.9 Å². The third kappa shape index (κ3) is 5.32. The Balaban J connectivity index is 1.27. The van der Waals surface area contributed by atoms with Crippen molar-refractivity contribution in [1.82, 2.24) is 4.90 Å². The van der Waals surface area contributed by atoms with Crippen LogP contribution >= 0.6 is 0 Å². The molecule has 1 aliphatic rings. The number of carbonyl (C=O) groups is 2. The number of benzene rings is 3. The Hall–Kier alpha value is -3.67. The Labute approximate surface area is 186 Å². The SMILES string of the molecule is Cc1ccc(Oc2ccc(NC(=O)C3CCN(C(=O)c4ccc(F)cc4)CC3)cc2)cc1. The summed E-state index contributed by atoms with van der Waals surface area (Å²) < 4.78 is 18.9. The van der Waals surface area contributed by atoms with Gasteiger partial charge in [0.15, 0.2) is 0 Å². The van der Waals surface area contributed by atoms with Gasteiger partial charge in [-0.2, -0.15) is 0 Å². The zero-order valence-corrected chi connectivity index (χ0v) is 17.9. The van der Waals surface area contributed by atoms with Crippen LogP contribution in [0.3, 0.4) is 0 Å². The molecule has 3 aromatic carbocycles. The second-order valence-corrected chi connectivity index (χ2v) is 8.00. The van der Waals surface area contributed by atoms with E-state index in [4.69, 9.17) is 4.74 Å². The summed E-state index contributed by atoms with van der Waals surface area (Å²) in [5.41, 5.74) is 2.33. The summed E-state index contributed by atoms with van der Waals surface area (Å²) in [6.07, 6.45) is 1.18. The zero-order chi connectivity index (χ0) is 22.5. The molecule has 1 heterocycles. The van der Waals surface area contributed by atoms with Gasteiger partial charge < -0.3 is 15.0 Å². The maximum Gasteiger partial charge on any atom is 0.253 e. The first-order valence-electron chi connectivity index (χ1n) is 10.7. The number of amides is 2. The van der Waals surface area contributed by atoms with Gasteiger partial charge in [0.1, 0.15) is 17.3 Å². The number of rotatable bonds is 5. The van der Waals surface area contributed by atoms with E-state index in [1.165, 1.54) is 29.8 Å². The number of hydrogen-bond acceptors (Lipinski definition) is 3. The predicted molar refractivity (Wildman–Crippen MR) is 121 cm³/mol. The van der Waals surface area contributed by atoms with Crippen molar-refractivity contribution in [2.75, 3.05) is 18.4 Å². The van der Waals surface area contributed by atoms with E-state index < -0.39 is 0 Å². The highest BCUT2D eigenvalue weighted by molar-refractivity contribution is 5.95. The van der Waals surface area contributed by atoms with Gasteiger partial charge in [-0.15, -0.1) is 0 Å². The average Bonchev–Trinajstić information content (AvgIpc) is 2.82. The summed E-state index contributed by atoms with van der Waals surface area (Å²) in [6, 6.07) is 20.6. The Kier molecular flexibility index (Phi) is 6.50. The van der Waals surface area contributed by atoms with Crippen LogP contribution in [0.2, 0.25) is 0 Å². The molecule has 1 fully saturated rings. The third-order valence-electron chi connectivity index (χ3n) is 5.62. The molecule has 32 heavy (non-hydrogen) atoms. The van der Waals surface area contributed by atoms with Crippen LogP contribution in [0.4, 0.5) is 10.1 Å². The molecule has 164 valence electrons. The standard InChI is InChI=1S/C26H25FN2O3/c1-18-2-10-23(11-3-18)32-24-12-8-22(9-13-24)28-25(30)19-14-16-29(17-15-19)26(31)20-4-6-21(27)7-5-20/h2-13,19H,14-17H2,1H3,(H,28,30). The van der Waals surface area contributed by atoms with Gasteiger partial charge in [0, 0.05) is 30.3 Å². The molecule has 0 unspecified atom stereocenters. The van der Waals surface area contributed by atoms with E-state index in [-0.39, 0.29) is 23.5 Å². The lowest BCUT2D eigenvalue weighted by Gasteiger charge is -2.31. The van der Waals surface area contributed by atoms with Crippen molar-refractivity contribution in [2.45, 2.75) is 19.8 Å². The summed E-state index contributed by atoms with van der Waals surface area (Å²) in [5, 5.41) is 2.95. The number of likely N-dealkylation sites (tertiary alicyclic amines) is 1. The lowest BCUT2D eigenvalue weighted by molar-refractivity contribution is -0.121. The first-order valence-corrected chi connectivity index (χ1v) is 10.7. The van der Waals surface area contributed by atoms with Crippen molar-refractivity contribution >= 4 is 17.5 Å². The van der Waals surface area contributed by atoms with Crippen LogP contribution in [0.1, 0.15) is 28.8 Å². The van der Waals surface area contributed by atoms with Gasteiger partial charge in [-0.25, -0.2) is 4.39 Å². The largest absolute Gasteiger partial charge is 0.457 e. The van der Waals surface area contributed by atoms with Gasteiger partial charge in [0.05, 0.1) is 0 Å². The smallest absolute Gasteiger partial charge is 0.253 e. The molecule has 0 aliphatic carbocycles. The summed E-state index contributed by atoms with van der Waals surface area (Å²) in [6.45, 7) is 3.02. The number of anilines is 1. The molecule has 5 nitrogen and oxygen atoms in total. The van der Waals surface area contributed by atoms with Crippen LogP contribution in [-0.2, 0) is 4.79 Å². The number of piperidine rings is 1. The normalized spacial score (nSPS) is 14.1. The minimum absolute atomic E-state index is 0.0499. The van der Waals surface area contributed by atoms with E-state index in [1.54, 1.807) is 4.90 Å². The highest BCUT2D eigenvalue weighted by Gasteiger charge is 2.28. The fourth-order valence-corrected chi connectivity index (χ4v) is 3.71. The summed E-state index contributed by atoms with van der Waals surface area (Å²) in [7, 11) is 0. The lowest BCUT2D eigenvalue weighted by atomic mass is 9.95. The van der Waals surface area contributed by atoms with E-state index >= 15 is 0 Å². The molecular weight excluding hydrogens is 407 g/mol. The van der Waals surface area contributed by atoms with Crippen molar-refractivity contribution in [3.05, 3.63) is 89.7 Å². The van der Waals surface area contributed by atoms with Gasteiger partial charge in [0.25, 0.3) is 5.91 Å². The zero-order valence-electron chi connectivity index (χ0n) is 17.9. The first-order chi connectivity index (χ1) is 15.5. The average molecular weight is 432 g/mol. The minimum atomic E-state index is -0.369. The molecule has 0 bridgehead atoms. The molecule has 0 radical (unpaired) electrons. The number of halogens is 1. The number of hydrogen-bond donors (Lipinski definition) is 1. The monoisotopic (exact) mass is 432 g/mol. The summed E-state index contributed by atoms with van der Waals surface area (Å²) >= 11 is 0. The van der Waals surface area contributed by atoms with Gasteiger partial charge in [-0.1, -0.05) is 17.7 Å². The van der Waals surface area contributed by atoms with E-state index in [2.05, 4.69) is 5.32 Å². The molecule has 6 heteroatoms. The Morgan fingerprint density at radius 1 is 0.875 bits per heavy atom. The highest BCUT2D eigenvalue weighted by atomic mass is 19.1. The second-order valence-electron chi connectivity index (χ2n) is 8.00. The predicted octanol–water partition coefficient (Wildman–Crippen LogP) is 5.42. The molecule has 3 aromatic rings. The number of nitrogens with zero attached hydrogens (tertiary/aromatic N) is 1. The van der Waals surface area contributed by atoms with Crippen LogP contribution < -0.4 is 10.1 Å². The molecule has 2 amide bonds. The van der Waals surface area contributed by atoms with E-state index in [0.717, 1.165) is 5.75 Å². The van der Waals surface area contributed by atoms with Crippen molar-refractivity contribution in [3.8, 4) is 11.5 Å². The van der Waals surface area contributed by atoms with Crippen molar-refractivity contribution in [1.29, 1.82) is 0 Å². The molecule has 4 rings (SSSR count). The topological polar surface area (TPSA) is 58.6 Å². The number of aryl methyl sites for hydroxylation is 1. The molecule has 0 aromatic heterocycles. The van der Waals surface area contributed by atoms with Gasteiger partial charge in [-0.05, 0) is 80.4 Å². The van der Waals surface area contributed by atoms with Gasteiger partial charge in [-0.3, -0.25) is 9.59 Å². The third-order valence-corrected chi connectivity index (χ3v) is 5.62. The molecular formula is C26H25FN2O3.